The van der Waals surface area contributed by atoms with Crippen LogP contribution >= 0.6 is 11.5 Å². The SMILES string of the molecule is CNC(CC1CCCN(S(C)(=O)=O)C1)c1snnc1C. The lowest BCUT2D eigenvalue weighted by Crippen LogP contribution is -2.40. The number of hydrogen-bond donors (Lipinski definition) is 1. The number of rotatable bonds is 5. The predicted octanol–water partition coefficient (Wildman–Crippen LogP) is 1.17. The summed E-state index contributed by atoms with van der Waals surface area (Å²) >= 11 is 1.42. The summed E-state index contributed by atoms with van der Waals surface area (Å²) in [6.07, 6.45) is 4.24. The Bertz CT molecular complexity index is 543. The van der Waals surface area contributed by atoms with Gasteiger partial charge in [0.2, 0.25) is 10.0 Å². The summed E-state index contributed by atoms with van der Waals surface area (Å²) in [5.74, 6) is 0.387. The van der Waals surface area contributed by atoms with Crippen LogP contribution in [0.2, 0.25) is 0 Å². The van der Waals surface area contributed by atoms with E-state index in [4.69, 9.17) is 0 Å². The standard InChI is InChI=1S/C12H22N4O2S2/c1-9-12(19-15-14-9)11(13-2)7-10-5-4-6-16(8-10)20(3,17)18/h10-11,13H,4-8H2,1-3H3. The van der Waals surface area contributed by atoms with Gasteiger partial charge in [0.25, 0.3) is 0 Å². The van der Waals surface area contributed by atoms with Gasteiger partial charge in [0.1, 0.15) is 0 Å². The Hall–Kier alpha value is -0.570. The third-order valence-electron chi connectivity index (χ3n) is 3.87. The van der Waals surface area contributed by atoms with Crippen molar-refractivity contribution in [3.8, 4) is 0 Å². The minimum atomic E-state index is -3.07. The van der Waals surface area contributed by atoms with E-state index in [1.54, 1.807) is 4.31 Å². The van der Waals surface area contributed by atoms with Crippen LogP contribution in [0, 0.1) is 12.8 Å². The molecule has 0 aliphatic carbocycles. The smallest absolute Gasteiger partial charge is 0.211 e. The van der Waals surface area contributed by atoms with Crippen molar-refractivity contribution in [2.24, 2.45) is 5.92 Å². The highest BCUT2D eigenvalue weighted by atomic mass is 32.2. The lowest BCUT2D eigenvalue weighted by atomic mass is 9.91. The van der Waals surface area contributed by atoms with Crippen molar-refractivity contribution < 1.29 is 8.42 Å². The first-order valence-corrected chi connectivity index (χ1v) is 9.45. The predicted molar refractivity (Wildman–Crippen MR) is 80.2 cm³/mol. The Morgan fingerprint density at radius 2 is 2.30 bits per heavy atom. The molecule has 1 aliphatic rings. The highest BCUT2D eigenvalue weighted by Crippen LogP contribution is 2.30. The molecule has 2 rings (SSSR count). The molecule has 6 nitrogen and oxygen atoms in total. The van der Waals surface area contributed by atoms with Crippen LogP contribution in [0.3, 0.4) is 0 Å². The number of nitrogens with zero attached hydrogens (tertiary/aromatic N) is 3. The summed E-state index contributed by atoms with van der Waals surface area (Å²) in [5, 5.41) is 7.36. The molecule has 20 heavy (non-hydrogen) atoms. The van der Waals surface area contributed by atoms with Crippen LogP contribution in [-0.2, 0) is 10.0 Å². The van der Waals surface area contributed by atoms with Crippen molar-refractivity contribution in [2.45, 2.75) is 32.2 Å². The molecule has 8 heteroatoms. The molecule has 0 saturated carbocycles. The fourth-order valence-corrected chi connectivity index (χ4v) is 4.47. The van der Waals surface area contributed by atoms with Crippen LogP contribution < -0.4 is 5.32 Å². The zero-order chi connectivity index (χ0) is 14.8. The number of sulfonamides is 1. The lowest BCUT2D eigenvalue weighted by molar-refractivity contribution is 0.241. The van der Waals surface area contributed by atoms with Gasteiger partial charge in [0, 0.05) is 19.1 Å². The lowest BCUT2D eigenvalue weighted by Gasteiger charge is -2.32. The summed E-state index contributed by atoms with van der Waals surface area (Å²) in [5.41, 5.74) is 0.963. The molecule has 1 saturated heterocycles. The molecule has 0 amide bonds. The minimum absolute atomic E-state index is 0.208. The number of piperidine rings is 1. The molecule has 1 aliphatic heterocycles. The van der Waals surface area contributed by atoms with Gasteiger partial charge in [-0.25, -0.2) is 12.7 Å². The van der Waals surface area contributed by atoms with Gasteiger partial charge in [-0.15, -0.1) is 5.10 Å². The van der Waals surface area contributed by atoms with Crippen LogP contribution in [0.5, 0.6) is 0 Å². The second-order valence-corrected chi connectivity index (χ2v) is 8.20. The van der Waals surface area contributed by atoms with E-state index in [-0.39, 0.29) is 6.04 Å². The molecule has 1 aromatic heterocycles. The first-order chi connectivity index (χ1) is 9.41. The van der Waals surface area contributed by atoms with E-state index in [0.29, 0.717) is 19.0 Å². The monoisotopic (exact) mass is 318 g/mol. The van der Waals surface area contributed by atoms with Crippen LogP contribution in [0.4, 0.5) is 0 Å². The van der Waals surface area contributed by atoms with Crippen molar-refractivity contribution in [3.63, 3.8) is 0 Å². The van der Waals surface area contributed by atoms with Gasteiger partial charge in [0.15, 0.2) is 0 Å². The zero-order valence-electron chi connectivity index (χ0n) is 12.2. The van der Waals surface area contributed by atoms with Gasteiger partial charge in [0.05, 0.1) is 16.8 Å². The van der Waals surface area contributed by atoms with E-state index >= 15 is 0 Å². The third-order valence-corrected chi connectivity index (χ3v) is 6.08. The maximum absolute atomic E-state index is 11.7. The van der Waals surface area contributed by atoms with Crippen molar-refractivity contribution in [2.75, 3.05) is 26.4 Å². The third kappa shape index (κ3) is 3.75. The highest BCUT2D eigenvalue weighted by molar-refractivity contribution is 7.88. The summed E-state index contributed by atoms with van der Waals surface area (Å²) in [4.78, 5) is 1.16. The average Bonchev–Trinajstić information content (AvgIpc) is 2.81. The molecule has 2 unspecified atom stereocenters. The van der Waals surface area contributed by atoms with Gasteiger partial charge in [-0.05, 0) is 50.7 Å². The Morgan fingerprint density at radius 1 is 1.55 bits per heavy atom. The number of hydrogen-bond acceptors (Lipinski definition) is 6. The van der Waals surface area contributed by atoms with Gasteiger partial charge in [-0.2, -0.15) is 0 Å². The van der Waals surface area contributed by atoms with Crippen LogP contribution in [0.15, 0.2) is 0 Å². The molecule has 1 aromatic rings. The fourth-order valence-electron chi connectivity index (χ4n) is 2.77. The number of nitrogens with one attached hydrogen (secondary N) is 1. The maximum Gasteiger partial charge on any atom is 0.211 e. The molecule has 114 valence electrons. The second-order valence-electron chi connectivity index (χ2n) is 5.43. The summed E-state index contributed by atoms with van der Waals surface area (Å²) in [6.45, 7) is 3.25. The maximum atomic E-state index is 11.7. The van der Waals surface area contributed by atoms with Crippen molar-refractivity contribution >= 4 is 21.6 Å². The van der Waals surface area contributed by atoms with Crippen LogP contribution in [0.1, 0.15) is 35.9 Å². The Labute approximate surface area is 124 Å². The van der Waals surface area contributed by atoms with Gasteiger partial charge in [-0.3, -0.25) is 0 Å². The Morgan fingerprint density at radius 3 is 2.85 bits per heavy atom. The number of aryl methyl sites for hydroxylation is 1. The van der Waals surface area contributed by atoms with Gasteiger partial charge in [-0.1, -0.05) is 4.49 Å². The van der Waals surface area contributed by atoms with Crippen molar-refractivity contribution in [1.82, 2.24) is 19.2 Å². The van der Waals surface area contributed by atoms with E-state index in [2.05, 4.69) is 14.9 Å². The van der Waals surface area contributed by atoms with Crippen LogP contribution in [0.25, 0.3) is 0 Å². The molecule has 0 spiro atoms. The van der Waals surface area contributed by atoms with Gasteiger partial charge >= 0.3 is 0 Å². The van der Waals surface area contributed by atoms with E-state index in [1.807, 2.05) is 14.0 Å². The second kappa shape index (κ2) is 6.46. The Balaban J connectivity index is 2.03. The molecule has 1 fully saturated rings. The summed E-state index contributed by atoms with van der Waals surface area (Å²) < 4.78 is 28.9. The van der Waals surface area contributed by atoms with Crippen molar-refractivity contribution in [3.05, 3.63) is 10.6 Å². The molecule has 0 bridgehead atoms. The molecule has 0 radical (unpaired) electrons. The Kier molecular flexibility index (Phi) is 5.11. The fraction of sp³-hybridized carbons (Fsp3) is 0.833. The molecule has 2 atom stereocenters. The van der Waals surface area contributed by atoms with Gasteiger partial charge < -0.3 is 5.32 Å². The van der Waals surface area contributed by atoms with E-state index in [0.717, 1.165) is 29.8 Å². The minimum Gasteiger partial charge on any atom is -0.312 e. The van der Waals surface area contributed by atoms with E-state index in [1.165, 1.54) is 17.8 Å². The summed E-state index contributed by atoms with van der Waals surface area (Å²) in [7, 11) is -1.14. The largest absolute Gasteiger partial charge is 0.312 e. The number of aromatic nitrogens is 2. The zero-order valence-corrected chi connectivity index (χ0v) is 13.8. The molecule has 0 aromatic carbocycles. The first-order valence-electron chi connectivity index (χ1n) is 6.83. The van der Waals surface area contributed by atoms with Crippen molar-refractivity contribution in [1.29, 1.82) is 0 Å². The topological polar surface area (TPSA) is 75.2 Å². The normalized spacial score (nSPS) is 22.9. The average molecular weight is 318 g/mol. The highest BCUT2D eigenvalue weighted by Gasteiger charge is 2.28. The van der Waals surface area contributed by atoms with Crippen LogP contribution in [-0.4, -0.2) is 48.7 Å². The quantitative estimate of drug-likeness (QED) is 0.882. The first kappa shape index (κ1) is 15.8. The van der Waals surface area contributed by atoms with E-state index in [9.17, 15) is 8.42 Å². The molecule has 2 heterocycles. The molecular weight excluding hydrogens is 296 g/mol. The summed E-state index contributed by atoms with van der Waals surface area (Å²) in [6, 6.07) is 0.208. The molecular formula is C12H22N4O2S2. The van der Waals surface area contributed by atoms with E-state index < -0.39 is 10.0 Å². The molecule has 1 N–H and O–H groups in total.